The van der Waals surface area contributed by atoms with Crippen LogP contribution < -0.4 is 5.32 Å². The summed E-state index contributed by atoms with van der Waals surface area (Å²) in [6.45, 7) is 1.90. The molecular weight excluding hydrogens is 246 g/mol. The van der Waals surface area contributed by atoms with Gasteiger partial charge in [-0.05, 0) is 29.7 Å². The van der Waals surface area contributed by atoms with Gasteiger partial charge in [0, 0.05) is 25.2 Å². The zero-order valence-corrected chi connectivity index (χ0v) is 11.3. The Kier molecular flexibility index (Phi) is 2.78. The van der Waals surface area contributed by atoms with E-state index in [1.807, 2.05) is 24.4 Å². The number of fused-ring (bicyclic) bond motifs is 2. The van der Waals surface area contributed by atoms with Crippen LogP contribution >= 0.6 is 0 Å². The summed E-state index contributed by atoms with van der Waals surface area (Å²) in [6.07, 6.45) is 5.23. The van der Waals surface area contributed by atoms with Crippen LogP contribution in [0.25, 0.3) is 5.65 Å². The molecule has 4 rings (SSSR count). The molecule has 0 amide bonds. The van der Waals surface area contributed by atoms with Gasteiger partial charge in [0.05, 0.1) is 11.9 Å². The monoisotopic (exact) mass is 263 g/mol. The molecule has 1 N–H and O–H groups in total. The van der Waals surface area contributed by atoms with E-state index in [9.17, 15) is 0 Å². The third-order valence-corrected chi connectivity index (χ3v) is 4.15. The van der Waals surface area contributed by atoms with Crippen molar-refractivity contribution in [1.82, 2.24) is 14.7 Å². The first-order valence-corrected chi connectivity index (χ1v) is 7.11. The zero-order valence-electron chi connectivity index (χ0n) is 11.3. The molecule has 0 aliphatic heterocycles. The van der Waals surface area contributed by atoms with Crippen molar-refractivity contribution in [3.05, 3.63) is 71.7 Å². The Morgan fingerprint density at radius 2 is 2.05 bits per heavy atom. The van der Waals surface area contributed by atoms with E-state index in [1.165, 1.54) is 23.2 Å². The van der Waals surface area contributed by atoms with Crippen molar-refractivity contribution in [2.24, 2.45) is 0 Å². The molecule has 2 heterocycles. The molecule has 0 bridgehead atoms. The van der Waals surface area contributed by atoms with Crippen LogP contribution in [0.3, 0.4) is 0 Å². The minimum atomic E-state index is 0.672. The molecule has 2 aromatic heterocycles. The fraction of sp³-hybridized carbons (Fsp3) is 0.235. The van der Waals surface area contributed by atoms with E-state index in [2.05, 4.69) is 45.2 Å². The first kappa shape index (κ1) is 11.7. The summed E-state index contributed by atoms with van der Waals surface area (Å²) in [5.41, 5.74) is 5.25. The highest BCUT2D eigenvalue weighted by atomic mass is 15.0. The molecule has 20 heavy (non-hydrogen) atoms. The van der Waals surface area contributed by atoms with Gasteiger partial charge in [0.15, 0.2) is 0 Å². The van der Waals surface area contributed by atoms with E-state index in [1.54, 1.807) is 0 Å². The summed E-state index contributed by atoms with van der Waals surface area (Å²) < 4.78 is 2.14. The van der Waals surface area contributed by atoms with Gasteiger partial charge in [-0.2, -0.15) is 0 Å². The molecule has 1 aliphatic carbocycles. The number of aromatic nitrogens is 2. The average molecular weight is 263 g/mol. The van der Waals surface area contributed by atoms with Crippen molar-refractivity contribution in [3.8, 4) is 0 Å². The lowest BCUT2D eigenvalue weighted by Crippen LogP contribution is -2.29. The van der Waals surface area contributed by atoms with Crippen LogP contribution in [0.4, 0.5) is 0 Å². The molecule has 3 heteroatoms. The molecule has 3 nitrogen and oxygen atoms in total. The lowest BCUT2D eigenvalue weighted by atomic mass is 9.77. The van der Waals surface area contributed by atoms with Gasteiger partial charge < -0.3 is 9.72 Å². The molecule has 1 unspecified atom stereocenters. The van der Waals surface area contributed by atoms with Crippen LogP contribution in [-0.2, 0) is 13.0 Å². The van der Waals surface area contributed by atoms with Crippen LogP contribution in [0.5, 0.6) is 0 Å². The molecule has 3 aromatic rings. The lowest BCUT2D eigenvalue weighted by molar-refractivity contribution is 0.531. The quantitative estimate of drug-likeness (QED) is 0.784. The van der Waals surface area contributed by atoms with E-state index in [-0.39, 0.29) is 0 Å². The zero-order chi connectivity index (χ0) is 13.4. The largest absolute Gasteiger partial charge is 0.311 e. The van der Waals surface area contributed by atoms with Crippen LogP contribution in [-0.4, -0.2) is 15.9 Å². The van der Waals surface area contributed by atoms with E-state index in [4.69, 9.17) is 0 Å². The Bertz CT molecular complexity index is 745. The Hall–Kier alpha value is -2.13. The fourth-order valence-electron chi connectivity index (χ4n) is 3.04. The number of nitrogens with one attached hydrogen (secondary N) is 1. The minimum absolute atomic E-state index is 0.672. The first-order valence-electron chi connectivity index (χ1n) is 7.11. The summed E-state index contributed by atoms with van der Waals surface area (Å²) >= 11 is 0. The summed E-state index contributed by atoms with van der Waals surface area (Å²) in [5.74, 6) is 0.672. The molecule has 1 atom stereocenters. The Balaban J connectivity index is 1.40. The molecule has 1 aliphatic rings. The highest BCUT2D eigenvalue weighted by Gasteiger charge is 2.24. The number of imidazole rings is 1. The molecule has 100 valence electrons. The van der Waals surface area contributed by atoms with E-state index >= 15 is 0 Å². The third-order valence-electron chi connectivity index (χ3n) is 4.15. The van der Waals surface area contributed by atoms with Crippen molar-refractivity contribution in [2.75, 3.05) is 6.54 Å². The topological polar surface area (TPSA) is 29.3 Å². The molecule has 1 aromatic carbocycles. The van der Waals surface area contributed by atoms with Crippen molar-refractivity contribution >= 4 is 5.65 Å². The maximum absolute atomic E-state index is 4.41. The van der Waals surface area contributed by atoms with Crippen molar-refractivity contribution in [1.29, 1.82) is 0 Å². The SMILES string of the molecule is c1ccc2c(c1)CC2CNCc1cnc2ccccn12. The second-order valence-electron chi connectivity index (χ2n) is 5.41. The molecule has 0 fully saturated rings. The second-order valence-corrected chi connectivity index (χ2v) is 5.41. The van der Waals surface area contributed by atoms with Crippen LogP contribution in [0, 0.1) is 0 Å². The normalized spacial score (nSPS) is 16.9. The van der Waals surface area contributed by atoms with Gasteiger partial charge in [0.25, 0.3) is 0 Å². The van der Waals surface area contributed by atoms with Crippen LogP contribution in [0.2, 0.25) is 0 Å². The number of hydrogen-bond acceptors (Lipinski definition) is 2. The lowest BCUT2D eigenvalue weighted by Gasteiger charge is -2.30. The number of nitrogens with zero attached hydrogens (tertiary/aromatic N) is 2. The predicted molar refractivity (Wildman–Crippen MR) is 79.8 cm³/mol. The maximum Gasteiger partial charge on any atom is 0.136 e. The fourth-order valence-corrected chi connectivity index (χ4v) is 3.04. The first-order chi connectivity index (χ1) is 9.92. The molecule has 0 saturated heterocycles. The van der Waals surface area contributed by atoms with E-state index in [0.717, 1.165) is 18.7 Å². The van der Waals surface area contributed by atoms with Gasteiger partial charge in [-0.15, -0.1) is 0 Å². The molecule has 0 radical (unpaired) electrons. The van der Waals surface area contributed by atoms with E-state index < -0.39 is 0 Å². The number of benzene rings is 1. The Labute approximate surface area is 118 Å². The summed E-state index contributed by atoms with van der Waals surface area (Å²) in [7, 11) is 0. The highest BCUT2D eigenvalue weighted by Crippen LogP contribution is 2.33. The van der Waals surface area contributed by atoms with Gasteiger partial charge in [-0.1, -0.05) is 30.3 Å². The summed E-state index contributed by atoms with van der Waals surface area (Å²) in [6, 6.07) is 14.8. The van der Waals surface area contributed by atoms with Crippen molar-refractivity contribution in [3.63, 3.8) is 0 Å². The molecule has 0 saturated carbocycles. The molecular formula is C17H17N3. The van der Waals surface area contributed by atoms with Crippen molar-refractivity contribution < 1.29 is 0 Å². The molecule has 0 spiro atoms. The predicted octanol–water partition coefficient (Wildman–Crippen LogP) is 2.76. The average Bonchev–Trinajstić information content (AvgIpc) is 2.87. The summed E-state index contributed by atoms with van der Waals surface area (Å²) in [4.78, 5) is 4.41. The van der Waals surface area contributed by atoms with Crippen molar-refractivity contribution in [2.45, 2.75) is 18.9 Å². The Morgan fingerprint density at radius 3 is 3.00 bits per heavy atom. The van der Waals surface area contributed by atoms with Gasteiger partial charge in [0.2, 0.25) is 0 Å². The van der Waals surface area contributed by atoms with E-state index in [0.29, 0.717) is 5.92 Å². The van der Waals surface area contributed by atoms with Gasteiger partial charge >= 0.3 is 0 Å². The number of pyridine rings is 1. The minimum Gasteiger partial charge on any atom is -0.311 e. The smallest absolute Gasteiger partial charge is 0.136 e. The van der Waals surface area contributed by atoms with Crippen LogP contribution in [0.15, 0.2) is 54.9 Å². The van der Waals surface area contributed by atoms with Crippen LogP contribution in [0.1, 0.15) is 22.7 Å². The Morgan fingerprint density at radius 1 is 1.15 bits per heavy atom. The standard InChI is InChI=1S/C17H17N3/c1-2-6-16-13(5-1)9-14(16)10-18-11-15-12-19-17-7-3-4-8-20(15)17/h1-8,12,14,18H,9-11H2. The highest BCUT2D eigenvalue weighted by molar-refractivity contribution is 5.41. The van der Waals surface area contributed by atoms with Gasteiger partial charge in [-0.25, -0.2) is 4.98 Å². The van der Waals surface area contributed by atoms with Gasteiger partial charge in [0.1, 0.15) is 5.65 Å². The van der Waals surface area contributed by atoms with Gasteiger partial charge in [-0.3, -0.25) is 0 Å². The maximum atomic E-state index is 4.41. The number of rotatable bonds is 4. The second kappa shape index (κ2) is 4.76. The third kappa shape index (κ3) is 1.91. The number of hydrogen-bond donors (Lipinski definition) is 1. The summed E-state index contributed by atoms with van der Waals surface area (Å²) in [5, 5.41) is 3.56.